The minimum atomic E-state index is -2.22. The van der Waals surface area contributed by atoms with Crippen LogP contribution in [0.5, 0.6) is 11.5 Å². The number of phenols is 2. The predicted octanol–water partition coefficient (Wildman–Crippen LogP) is -7.35. The van der Waals surface area contributed by atoms with Crippen LogP contribution >= 0.6 is 12.6 Å². The molecule has 2 aromatic carbocycles. The number of hydrogen-bond donors (Lipinski definition) is 27. The Bertz CT molecular complexity index is 4520. The third kappa shape index (κ3) is 38.4. The van der Waals surface area contributed by atoms with E-state index in [-0.39, 0.29) is 61.6 Å². The van der Waals surface area contributed by atoms with Gasteiger partial charge >= 0.3 is 23.9 Å². The molecule has 1 aliphatic heterocycles. The van der Waals surface area contributed by atoms with Crippen molar-refractivity contribution in [2.45, 2.75) is 281 Å². The van der Waals surface area contributed by atoms with E-state index in [0.717, 1.165) is 25.7 Å². The molecule has 0 unspecified atom stereocenters. The molecule has 0 saturated carbocycles. The van der Waals surface area contributed by atoms with E-state index in [9.17, 15) is 146 Å². The van der Waals surface area contributed by atoms with Gasteiger partial charge in [0.15, 0.2) is 0 Å². The molecule has 0 bridgehead atoms. The maximum Gasteiger partial charge on any atom is 0.326 e. The number of carboxylic acid groups (broad SMARTS) is 4. The molecule has 1 heterocycles. The number of thiol groups is 1. The lowest BCUT2D eigenvalue weighted by atomic mass is 9.96. The molecule has 744 valence electrons. The maximum absolute atomic E-state index is 14.6. The number of aromatic hydroxyl groups is 2. The molecule has 18 amide bonds. The largest absolute Gasteiger partial charge is 0.508 e. The molecule has 20 atom stereocenters. The molecule has 1 fully saturated rings. The van der Waals surface area contributed by atoms with E-state index in [1.54, 1.807) is 13.8 Å². The number of aliphatic hydroxyl groups is 2. The molecule has 0 radical (unpaired) electrons. The van der Waals surface area contributed by atoms with E-state index >= 15 is 0 Å². The van der Waals surface area contributed by atoms with Gasteiger partial charge in [0.25, 0.3) is 0 Å². The van der Waals surface area contributed by atoms with Gasteiger partial charge in [-0.1, -0.05) is 86.1 Å². The Labute approximate surface area is 776 Å². The SMILES string of the molecule is CC[C@H](C)[C@H](NC(=O)[C@@H](NC(=O)[C@@H](N)CC(C)C)[C@@H](C)O)C(=O)N[C@@H](CC(N)=O)C(=O)N1CCC[C@H]1C(=O)N[C@H](C(=O)N[C@@H](CCC(=O)O)C(=O)N[C@@H](C)C(=O)N[C@@H](CC(=O)O)C(=O)N[C@@H](CC(=O)O)C(=O)N[C@H](C(=O)N[C@@H](C)C(=O)N[C@H](C(=O)N[C@@H](Cc1ccc(O)cc1)C(=O)N[C@@H](Cc1ccc(O)cc1)C(=O)N[C@@H](CS)C(=O)N[C@@H](CCC(N)=O)C(=O)O)[C@@H](C)O)C(C)C)C(C)C. The number of rotatable bonds is 57. The number of aliphatic hydroxyl groups excluding tert-OH is 2. The molecule has 2 aromatic rings. The molecule has 50 heteroatoms. The van der Waals surface area contributed by atoms with Gasteiger partial charge in [-0.2, -0.15) is 12.6 Å². The van der Waals surface area contributed by atoms with Crippen LogP contribution in [-0.4, -0.2) is 303 Å². The van der Waals surface area contributed by atoms with Gasteiger partial charge in [0.1, 0.15) is 108 Å². The zero-order chi connectivity index (χ0) is 102. The summed E-state index contributed by atoms with van der Waals surface area (Å²) in [7, 11) is 0. The van der Waals surface area contributed by atoms with Crippen molar-refractivity contribution in [3.05, 3.63) is 59.7 Å². The van der Waals surface area contributed by atoms with Gasteiger partial charge in [0.05, 0.1) is 37.5 Å². The number of nitrogens with one attached hydrogen (secondary N) is 15. The average Bonchev–Trinajstić information content (AvgIpc) is 1.57. The molecular weight excluding hydrogens is 1790 g/mol. The fraction of sp³-hybridized carbons (Fsp3) is 0.595. The molecule has 1 saturated heterocycles. The predicted molar refractivity (Wildman–Crippen MR) is 474 cm³/mol. The van der Waals surface area contributed by atoms with Crippen LogP contribution in [0.25, 0.3) is 0 Å². The van der Waals surface area contributed by atoms with Crippen molar-refractivity contribution in [3.8, 4) is 11.5 Å². The van der Waals surface area contributed by atoms with Crippen molar-refractivity contribution >= 4 is 143 Å². The van der Waals surface area contributed by atoms with Gasteiger partial charge in [-0.05, 0) is 119 Å². The number of benzene rings is 2. The fourth-order valence-corrected chi connectivity index (χ4v) is 13.8. The van der Waals surface area contributed by atoms with Crippen molar-refractivity contribution in [1.82, 2.24) is 84.7 Å². The second-order valence-electron chi connectivity index (χ2n) is 33.7. The minimum absolute atomic E-state index is 0.0181. The summed E-state index contributed by atoms with van der Waals surface area (Å²) < 4.78 is 0. The van der Waals surface area contributed by atoms with E-state index in [2.05, 4.69) is 87.1 Å². The second-order valence-corrected chi connectivity index (χ2v) is 34.1. The lowest BCUT2D eigenvalue weighted by molar-refractivity contribution is -0.144. The number of nitrogens with zero attached hydrogens (tertiary/aromatic N) is 1. The van der Waals surface area contributed by atoms with E-state index < -0.39 is 320 Å². The van der Waals surface area contributed by atoms with Crippen LogP contribution in [0, 0.1) is 23.7 Å². The summed E-state index contributed by atoms with van der Waals surface area (Å²) in [6.45, 7) is 16.7. The summed E-state index contributed by atoms with van der Waals surface area (Å²) in [5, 5.41) is 116. The topological polar surface area (TPSA) is 799 Å². The Kier molecular flexibility index (Phi) is 47.3. The Morgan fingerprint density at radius 1 is 0.396 bits per heavy atom. The summed E-state index contributed by atoms with van der Waals surface area (Å²) in [4.78, 5) is 298. The molecule has 0 spiro atoms. The van der Waals surface area contributed by atoms with E-state index in [0.29, 0.717) is 5.56 Å². The smallest absolute Gasteiger partial charge is 0.326 e. The van der Waals surface area contributed by atoms with Gasteiger partial charge in [-0.25, -0.2) is 4.79 Å². The van der Waals surface area contributed by atoms with Crippen molar-refractivity contribution in [1.29, 1.82) is 0 Å². The number of carbonyl (C=O) groups is 22. The molecule has 3 rings (SSSR count). The zero-order valence-corrected chi connectivity index (χ0v) is 77.1. The highest BCUT2D eigenvalue weighted by Gasteiger charge is 2.44. The summed E-state index contributed by atoms with van der Waals surface area (Å²) in [5.74, 6) is -30.4. The van der Waals surface area contributed by atoms with Gasteiger partial charge < -0.3 is 143 Å². The van der Waals surface area contributed by atoms with Crippen LogP contribution in [0.3, 0.4) is 0 Å². The highest BCUT2D eigenvalue weighted by atomic mass is 32.1. The molecule has 49 nitrogen and oxygen atoms in total. The maximum atomic E-state index is 14.6. The van der Waals surface area contributed by atoms with Crippen LogP contribution < -0.4 is 97.0 Å². The first-order chi connectivity index (χ1) is 62.5. The quantitative estimate of drug-likeness (QED) is 0.0274. The Morgan fingerprint density at radius 3 is 1.20 bits per heavy atom. The second kappa shape index (κ2) is 55.2. The Morgan fingerprint density at radius 2 is 0.754 bits per heavy atom. The van der Waals surface area contributed by atoms with Gasteiger partial charge in [0.2, 0.25) is 106 Å². The highest BCUT2D eigenvalue weighted by molar-refractivity contribution is 7.80. The summed E-state index contributed by atoms with van der Waals surface area (Å²) in [5.41, 5.74) is 17.3. The van der Waals surface area contributed by atoms with E-state index in [1.165, 1.54) is 83.1 Å². The first-order valence-corrected chi connectivity index (χ1v) is 43.7. The number of aliphatic carboxylic acids is 4. The summed E-state index contributed by atoms with van der Waals surface area (Å²) >= 11 is 4.13. The molecular formula is C84H127N19O30S. The van der Waals surface area contributed by atoms with Gasteiger partial charge in [-0.15, -0.1) is 0 Å². The number of carboxylic acids is 4. The third-order valence-electron chi connectivity index (χ3n) is 21.3. The van der Waals surface area contributed by atoms with E-state index in [4.69, 9.17) is 17.2 Å². The zero-order valence-electron chi connectivity index (χ0n) is 76.2. The van der Waals surface area contributed by atoms with Crippen LogP contribution in [0.2, 0.25) is 0 Å². The van der Waals surface area contributed by atoms with Crippen molar-refractivity contribution in [2.24, 2.45) is 40.9 Å². The minimum Gasteiger partial charge on any atom is -0.508 e. The molecule has 29 N–H and O–H groups in total. The summed E-state index contributed by atoms with van der Waals surface area (Å²) in [6, 6.07) is -18.7. The number of carbonyl (C=O) groups excluding carboxylic acids is 18. The lowest BCUT2D eigenvalue weighted by Gasteiger charge is -2.32. The van der Waals surface area contributed by atoms with Crippen molar-refractivity contribution in [2.75, 3.05) is 12.3 Å². The average molecular weight is 1920 g/mol. The number of primary amides is 2. The van der Waals surface area contributed by atoms with Crippen LogP contribution in [-0.2, 0) is 118 Å². The Balaban J connectivity index is 1.84. The molecule has 1 aliphatic rings. The normalized spacial score (nSPS) is 16.6. The number of nitrogens with two attached hydrogens (primary N) is 3. The number of hydrogen-bond acceptors (Lipinski definition) is 28. The molecule has 0 aromatic heterocycles. The van der Waals surface area contributed by atoms with Crippen molar-refractivity contribution < 1.29 is 146 Å². The lowest BCUT2D eigenvalue weighted by Crippen LogP contribution is -2.62. The van der Waals surface area contributed by atoms with Gasteiger partial charge in [-0.3, -0.25) is 101 Å². The number of phenolic OH excluding ortho intramolecular Hbond substituents is 2. The fourth-order valence-electron chi connectivity index (χ4n) is 13.5. The molecule has 134 heavy (non-hydrogen) atoms. The van der Waals surface area contributed by atoms with E-state index in [1.807, 2.05) is 19.2 Å². The van der Waals surface area contributed by atoms with Crippen LogP contribution in [0.15, 0.2) is 48.5 Å². The van der Waals surface area contributed by atoms with Crippen LogP contribution in [0.1, 0.15) is 165 Å². The number of amides is 18. The molecule has 0 aliphatic carbocycles. The van der Waals surface area contributed by atoms with Gasteiger partial charge in [0, 0.05) is 38.0 Å². The highest BCUT2D eigenvalue weighted by Crippen LogP contribution is 2.23. The summed E-state index contributed by atoms with van der Waals surface area (Å²) in [6.07, 6.45) is -9.41. The first kappa shape index (κ1) is 115. The number of likely N-dealkylation sites (tertiary alicyclic amines) is 1. The monoisotopic (exact) mass is 1910 g/mol. The Hall–Kier alpha value is -13.4. The standard InChI is InChI=1S/C84H127N19O30S/c1-13-39(8)65(100-82(130)67(43(12)105)102-70(118)48(85)29-36(2)3)80(128)96-55(32-59(87)109)83(131)103-28-14-15-57(103)77(125)99-64(38(6)7)79(127)90-49(25-27-60(110)111)71(119)88-40(9)68(116)92-53(33-61(112)113)74(122)94-54(34-62(114)115)75(123)98-63(37(4)5)78(126)89-41(10)69(117)101-66(42(11)104)81(129)95-52(31-45-18-22-47(107)23-19-45)72(120)93-51(30-44-16-20-46(106)21-17-44)73(121)97-56(35-134)76(124)91-50(84(132)133)24-26-58(86)108/h16-23,36-43,48-57,63-67,104-107,134H,13-15,24-35,85H2,1-12H3,(H2,86,108)(H2,87,109)(H,88,119)(H,89,126)(H,90,127)(H,91,124)(H,92,116)(H,93,120)(H,94,122)(H,95,129)(H,96,128)(H,97,121)(H,98,123)(H,99,125)(H,100,130)(H,101,117)(H,102,118)(H,110,111)(H,112,113)(H,114,115)(H,132,133)/t39-,40-,41-,42+,43+,48-,49-,50-,51-,52-,53-,54-,55-,56-,57-,63-,64-,65-,66-,67-/m0/s1. The van der Waals surface area contributed by atoms with Crippen LogP contribution in [0.4, 0.5) is 0 Å². The third-order valence-corrected chi connectivity index (χ3v) is 21.6. The first-order valence-electron chi connectivity index (χ1n) is 43.1. The van der Waals surface area contributed by atoms with Crippen molar-refractivity contribution in [3.63, 3.8) is 0 Å².